The highest BCUT2D eigenvalue weighted by Gasteiger charge is 2.10. The summed E-state index contributed by atoms with van der Waals surface area (Å²) in [6.45, 7) is 2.69. The van der Waals surface area contributed by atoms with Crippen molar-refractivity contribution in [2.75, 3.05) is 6.61 Å². The van der Waals surface area contributed by atoms with Gasteiger partial charge >= 0.3 is 0 Å². The summed E-state index contributed by atoms with van der Waals surface area (Å²) in [7, 11) is 0. The van der Waals surface area contributed by atoms with Gasteiger partial charge < -0.3 is 4.74 Å². The molecule has 0 aliphatic rings. The van der Waals surface area contributed by atoms with E-state index in [0.717, 1.165) is 24.2 Å². The maximum atomic E-state index is 5.75. The highest BCUT2D eigenvalue weighted by Crippen LogP contribution is 2.17. The minimum Gasteiger partial charge on any atom is -0.492 e. The number of hydrazine groups is 1. The summed E-state index contributed by atoms with van der Waals surface area (Å²) in [6.07, 6.45) is 2.27. The third-order valence-electron chi connectivity index (χ3n) is 3.28. The Balaban J connectivity index is 1.97. The first-order valence-electron chi connectivity index (χ1n) is 7.06. The molecule has 0 radical (unpaired) electrons. The summed E-state index contributed by atoms with van der Waals surface area (Å²) in [6, 6.07) is 18.3. The Kier molecular flexibility index (Phi) is 5.59. The normalized spacial score (nSPS) is 12.1. The van der Waals surface area contributed by atoms with Crippen molar-refractivity contribution in [2.24, 2.45) is 5.84 Å². The van der Waals surface area contributed by atoms with E-state index in [9.17, 15) is 0 Å². The highest BCUT2D eigenvalue weighted by molar-refractivity contribution is 5.26. The van der Waals surface area contributed by atoms with Gasteiger partial charge in [0.05, 0.1) is 6.04 Å². The van der Waals surface area contributed by atoms with E-state index in [-0.39, 0.29) is 6.04 Å². The molecule has 106 valence electrons. The van der Waals surface area contributed by atoms with Crippen LogP contribution < -0.4 is 16.0 Å². The minimum atomic E-state index is -0.00844. The van der Waals surface area contributed by atoms with Crippen molar-refractivity contribution >= 4 is 0 Å². The average molecular weight is 270 g/mol. The molecule has 0 fully saturated rings. The van der Waals surface area contributed by atoms with Crippen molar-refractivity contribution in [3.63, 3.8) is 0 Å². The van der Waals surface area contributed by atoms with Gasteiger partial charge in [0.15, 0.2) is 0 Å². The number of hydrogen-bond acceptors (Lipinski definition) is 3. The van der Waals surface area contributed by atoms with Crippen LogP contribution in [0.15, 0.2) is 54.6 Å². The molecule has 20 heavy (non-hydrogen) atoms. The van der Waals surface area contributed by atoms with Crippen molar-refractivity contribution in [3.8, 4) is 5.75 Å². The summed E-state index contributed by atoms with van der Waals surface area (Å²) in [4.78, 5) is 0. The summed E-state index contributed by atoms with van der Waals surface area (Å²) < 4.78 is 5.75. The molecular weight excluding hydrogens is 248 g/mol. The van der Waals surface area contributed by atoms with Gasteiger partial charge in [0.25, 0.3) is 0 Å². The van der Waals surface area contributed by atoms with Crippen LogP contribution in [0.3, 0.4) is 0 Å². The Hall–Kier alpha value is -1.84. The lowest BCUT2D eigenvalue weighted by atomic mass is 10.0. The second-order valence-electron chi connectivity index (χ2n) is 4.83. The summed E-state index contributed by atoms with van der Waals surface area (Å²) in [5.74, 6) is 6.49. The van der Waals surface area contributed by atoms with Crippen molar-refractivity contribution in [1.82, 2.24) is 5.43 Å². The third kappa shape index (κ3) is 4.08. The van der Waals surface area contributed by atoms with Crippen molar-refractivity contribution in [1.29, 1.82) is 0 Å². The van der Waals surface area contributed by atoms with Gasteiger partial charge in [0, 0.05) is 0 Å². The molecular formula is C17H22N2O. The lowest BCUT2D eigenvalue weighted by Crippen LogP contribution is -2.32. The summed E-state index contributed by atoms with van der Waals surface area (Å²) in [5.41, 5.74) is 5.31. The zero-order chi connectivity index (χ0) is 14.2. The number of nitrogens with two attached hydrogens (primary N) is 1. The van der Waals surface area contributed by atoms with Crippen molar-refractivity contribution in [3.05, 3.63) is 65.7 Å². The van der Waals surface area contributed by atoms with Crippen LogP contribution in [-0.4, -0.2) is 6.61 Å². The minimum absolute atomic E-state index is 0.00844. The number of nitrogens with one attached hydrogen (secondary N) is 1. The van der Waals surface area contributed by atoms with Crippen LogP contribution >= 0.6 is 0 Å². The van der Waals surface area contributed by atoms with E-state index in [4.69, 9.17) is 10.6 Å². The zero-order valence-corrected chi connectivity index (χ0v) is 11.9. The molecule has 0 aliphatic heterocycles. The van der Waals surface area contributed by atoms with Gasteiger partial charge in [-0.1, -0.05) is 55.8 Å². The molecule has 2 rings (SSSR count). The molecule has 3 nitrogen and oxygen atoms in total. The van der Waals surface area contributed by atoms with Crippen LogP contribution in [0, 0.1) is 0 Å². The van der Waals surface area contributed by atoms with Gasteiger partial charge in [-0.3, -0.25) is 5.84 Å². The number of aryl methyl sites for hydroxylation is 1. The second-order valence-corrected chi connectivity index (χ2v) is 4.83. The predicted octanol–water partition coefficient (Wildman–Crippen LogP) is 3.22. The second kappa shape index (κ2) is 7.68. The van der Waals surface area contributed by atoms with Crippen LogP contribution in [0.25, 0.3) is 0 Å². The summed E-state index contributed by atoms with van der Waals surface area (Å²) in [5, 5.41) is 0. The van der Waals surface area contributed by atoms with E-state index in [1.165, 1.54) is 5.56 Å². The highest BCUT2D eigenvalue weighted by atomic mass is 16.5. The predicted molar refractivity (Wildman–Crippen MR) is 82.4 cm³/mol. The van der Waals surface area contributed by atoms with E-state index >= 15 is 0 Å². The zero-order valence-electron chi connectivity index (χ0n) is 11.9. The van der Waals surface area contributed by atoms with Crippen molar-refractivity contribution in [2.45, 2.75) is 25.8 Å². The van der Waals surface area contributed by atoms with Gasteiger partial charge in [-0.25, -0.2) is 5.43 Å². The molecule has 0 saturated carbocycles. The molecule has 1 unspecified atom stereocenters. The number of hydrogen-bond donors (Lipinski definition) is 2. The van der Waals surface area contributed by atoms with Gasteiger partial charge in [-0.05, 0) is 29.7 Å². The monoisotopic (exact) mass is 270 g/mol. The Bertz CT molecular complexity index is 496. The Morgan fingerprint density at radius 3 is 2.35 bits per heavy atom. The fourth-order valence-electron chi connectivity index (χ4n) is 2.14. The van der Waals surface area contributed by atoms with Gasteiger partial charge in [-0.15, -0.1) is 0 Å². The molecule has 0 spiro atoms. The van der Waals surface area contributed by atoms with Gasteiger partial charge in [0.2, 0.25) is 0 Å². The van der Waals surface area contributed by atoms with E-state index < -0.39 is 0 Å². The van der Waals surface area contributed by atoms with Gasteiger partial charge in [-0.2, -0.15) is 0 Å². The van der Waals surface area contributed by atoms with Crippen LogP contribution in [0.1, 0.15) is 30.5 Å². The molecule has 3 heteroatoms. The Morgan fingerprint density at radius 2 is 1.75 bits per heavy atom. The van der Waals surface area contributed by atoms with Crippen LogP contribution in [0.4, 0.5) is 0 Å². The lowest BCUT2D eigenvalue weighted by molar-refractivity contribution is 0.267. The maximum Gasteiger partial charge on any atom is 0.119 e. The number of benzene rings is 2. The molecule has 2 aromatic carbocycles. The van der Waals surface area contributed by atoms with Crippen LogP contribution in [-0.2, 0) is 6.42 Å². The van der Waals surface area contributed by atoms with E-state index in [1.54, 1.807) is 0 Å². The topological polar surface area (TPSA) is 47.3 Å². The maximum absolute atomic E-state index is 5.75. The van der Waals surface area contributed by atoms with Gasteiger partial charge in [0.1, 0.15) is 12.4 Å². The number of rotatable bonds is 7. The molecule has 3 N–H and O–H groups in total. The Labute approximate surface area is 120 Å². The number of ether oxygens (including phenoxy) is 1. The number of para-hydroxylation sites is 1. The molecule has 0 aliphatic carbocycles. The molecule has 1 atom stereocenters. The van der Waals surface area contributed by atoms with E-state index in [1.807, 2.05) is 30.3 Å². The molecule has 0 saturated heterocycles. The molecule has 0 aromatic heterocycles. The quantitative estimate of drug-likeness (QED) is 0.600. The fourth-order valence-corrected chi connectivity index (χ4v) is 2.14. The van der Waals surface area contributed by atoms with E-state index in [0.29, 0.717) is 6.61 Å². The van der Waals surface area contributed by atoms with Crippen LogP contribution in [0.2, 0.25) is 0 Å². The molecule has 0 amide bonds. The van der Waals surface area contributed by atoms with E-state index in [2.05, 4.69) is 36.6 Å². The molecule has 0 bridgehead atoms. The SMILES string of the molecule is CCCc1ccc(C(COc2ccccc2)NN)cc1. The average Bonchev–Trinajstić information content (AvgIpc) is 2.51. The standard InChI is InChI=1S/C17H22N2O/c1-2-6-14-9-11-15(12-10-14)17(19-18)13-20-16-7-4-3-5-8-16/h3-5,7-12,17,19H,2,6,13,18H2,1H3. The lowest BCUT2D eigenvalue weighted by Gasteiger charge is -2.17. The molecule has 2 aromatic rings. The molecule has 0 heterocycles. The fraction of sp³-hybridized carbons (Fsp3) is 0.294. The smallest absolute Gasteiger partial charge is 0.119 e. The largest absolute Gasteiger partial charge is 0.492 e. The Morgan fingerprint density at radius 1 is 1.05 bits per heavy atom. The first kappa shape index (κ1) is 14.6. The summed E-state index contributed by atoms with van der Waals surface area (Å²) >= 11 is 0. The van der Waals surface area contributed by atoms with Crippen molar-refractivity contribution < 1.29 is 4.74 Å². The van der Waals surface area contributed by atoms with Crippen LogP contribution in [0.5, 0.6) is 5.75 Å². The first-order valence-corrected chi connectivity index (χ1v) is 7.06. The third-order valence-corrected chi connectivity index (χ3v) is 3.28. The first-order chi connectivity index (χ1) is 9.83.